The second kappa shape index (κ2) is 6.00. The van der Waals surface area contributed by atoms with Crippen molar-refractivity contribution in [1.82, 2.24) is 15.5 Å². The minimum absolute atomic E-state index is 0.0299. The Hall–Kier alpha value is -1.36. The van der Waals surface area contributed by atoms with Crippen LogP contribution in [0, 0.1) is 5.92 Å². The van der Waals surface area contributed by atoms with E-state index in [0.717, 1.165) is 31.5 Å². The summed E-state index contributed by atoms with van der Waals surface area (Å²) in [6, 6.07) is 1.81. The smallest absolute Gasteiger partial charge is 0.242 e. The number of hydrogen-bond donors (Lipinski definition) is 3. The first-order valence-electron chi connectivity index (χ1n) is 6.81. The Morgan fingerprint density at radius 2 is 2.39 bits per heavy atom. The minimum atomic E-state index is -0.0783. The van der Waals surface area contributed by atoms with Crippen molar-refractivity contribution >= 4 is 11.7 Å². The number of anilines is 1. The van der Waals surface area contributed by atoms with E-state index in [9.17, 15) is 4.79 Å². The van der Waals surface area contributed by atoms with E-state index in [2.05, 4.69) is 27.8 Å². The lowest BCUT2D eigenvalue weighted by atomic mass is 9.90. The topological polar surface area (TPSA) is 69.8 Å². The average Bonchev–Trinajstić information content (AvgIpc) is 2.86. The quantitative estimate of drug-likeness (QED) is 0.761. The van der Waals surface area contributed by atoms with Gasteiger partial charge >= 0.3 is 0 Å². The molecular weight excluding hydrogens is 228 g/mol. The molecule has 0 spiro atoms. The molecule has 1 saturated heterocycles. The average molecular weight is 250 g/mol. The van der Waals surface area contributed by atoms with Gasteiger partial charge in [0.15, 0.2) is 5.82 Å². The van der Waals surface area contributed by atoms with Gasteiger partial charge in [0, 0.05) is 11.8 Å². The summed E-state index contributed by atoms with van der Waals surface area (Å²) in [5, 5.41) is 13.1. The van der Waals surface area contributed by atoms with Crippen molar-refractivity contribution in [3.63, 3.8) is 0 Å². The largest absolute Gasteiger partial charge is 0.308 e. The summed E-state index contributed by atoms with van der Waals surface area (Å²) < 4.78 is 0. The van der Waals surface area contributed by atoms with Crippen molar-refractivity contribution in [2.75, 3.05) is 11.9 Å². The summed E-state index contributed by atoms with van der Waals surface area (Å²) in [4.78, 5) is 12.1. The SMILES string of the molecule is CCc1cc(NC(=O)C2CC(CC)CCN2)n[nH]1. The van der Waals surface area contributed by atoms with Crippen LogP contribution in [0.2, 0.25) is 0 Å². The van der Waals surface area contributed by atoms with Gasteiger partial charge in [-0.05, 0) is 31.7 Å². The molecule has 0 aromatic carbocycles. The Balaban J connectivity index is 1.90. The molecule has 0 bridgehead atoms. The fourth-order valence-electron chi connectivity index (χ4n) is 2.39. The van der Waals surface area contributed by atoms with E-state index < -0.39 is 0 Å². The maximum Gasteiger partial charge on any atom is 0.242 e. The maximum atomic E-state index is 12.1. The summed E-state index contributed by atoms with van der Waals surface area (Å²) >= 11 is 0. The Morgan fingerprint density at radius 1 is 1.56 bits per heavy atom. The van der Waals surface area contributed by atoms with Crippen molar-refractivity contribution in [2.45, 2.75) is 45.6 Å². The lowest BCUT2D eigenvalue weighted by Crippen LogP contribution is -2.46. The van der Waals surface area contributed by atoms with Crippen LogP contribution in [-0.2, 0) is 11.2 Å². The molecule has 2 heterocycles. The number of nitrogens with one attached hydrogen (secondary N) is 3. The van der Waals surface area contributed by atoms with Gasteiger partial charge in [0.1, 0.15) is 0 Å². The number of amides is 1. The third-order valence-electron chi connectivity index (χ3n) is 3.67. The van der Waals surface area contributed by atoms with Crippen molar-refractivity contribution in [3.05, 3.63) is 11.8 Å². The molecule has 2 unspecified atom stereocenters. The maximum absolute atomic E-state index is 12.1. The number of H-pyrrole nitrogens is 1. The van der Waals surface area contributed by atoms with Gasteiger partial charge in [-0.2, -0.15) is 5.10 Å². The number of rotatable bonds is 4. The molecule has 1 fully saturated rings. The summed E-state index contributed by atoms with van der Waals surface area (Å²) in [5.74, 6) is 1.31. The molecule has 18 heavy (non-hydrogen) atoms. The number of aromatic nitrogens is 2. The first-order valence-corrected chi connectivity index (χ1v) is 6.81. The monoisotopic (exact) mass is 250 g/mol. The predicted molar refractivity (Wildman–Crippen MR) is 71.4 cm³/mol. The molecule has 5 nitrogen and oxygen atoms in total. The van der Waals surface area contributed by atoms with Crippen molar-refractivity contribution in [3.8, 4) is 0 Å². The third-order valence-corrected chi connectivity index (χ3v) is 3.67. The first-order chi connectivity index (χ1) is 8.72. The van der Waals surface area contributed by atoms with Gasteiger partial charge in [-0.3, -0.25) is 9.89 Å². The highest BCUT2D eigenvalue weighted by Gasteiger charge is 2.26. The molecule has 5 heteroatoms. The highest BCUT2D eigenvalue weighted by atomic mass is 16.2. The Bertz CT molecular complexity index is 401. The molecule has 1 amide bonds. The van der Waals surface area contributed by atoms with Gasteiger partial charge < -0.3 is 10.6 Å². The number of hydrogen-bond acceptors (Lipinski definition) is 3. The van der Waals surface area contributed by atoms with Crippen molar-refractivity contribution in [2.24, 2.45) is 5.92 Å². The number of aromatic amines is 1. The highest BCUT2D eigenvalue weighted by Crippen LogP contribution is 2.20. The van der Waals surface area contributed by atoms with Crippen LogP contribution in [0.5, 0.6) is 0 Å². The molecule has 2 rings (SSSR count). The standard InChI is InChI=1S/C13H22N4O/c1-3-9-5-6-14-11(7-9)13(18)15-12-8-10(4-2)16-17-12/h8-9,11,14H,3-7H2,1-2H3,(H2,15,16,17,18). The zero-order valence-corrected chi connectivity index (χ0v) is 11.1. The predicted octanol–water partition coefficient (Wildman–Crippen LogP) is 1.69. The van der Waals surface area contributed by atoms with E-state index >= 15 is 0 Å². The van der Waals surface area contributed by atoms with Gasteiger partial charge in [-0.1, -0.05) is 20.3 Å². The fraction of sp³-hybridized carbons (Fsp3) is 0.692. The van der Waals surface area contributed by atoms with Crippen LogP contribution in [0.1, 0.15) is 38.8 Å². The van der Waals surface area contributed by atoms with E-state index in [1.165, 1.54) is 6.42 Å². The van der Waals surface area contributed by atoms with E-state index in [1.54, 1.807) is 0 Å². The van der Waals surface area contributed by atoms with Crippen LogP contribution in [0.15, 0.2) is 6.07 Å². The molecule has 1 aromatic rings. The Labute approximate surface area is 108 Å². The normalized spacial score (nSPS) is 23.9. The van der Waals surface area contributed by atoms with E-state index in [4.69, 9.17) is 0 Å². The highest BCUT2D eigenvalue weighted by molar-refractivity contribution is 5.94. The summed E-state index contributed by atoms with van der Waals surface area (Å²) in [6.07, 6.45) is 4.13. The number of carbonyl (C=O) groups excluding carboxylic acids is 1. The summed E-state index contributed by atoms with van der Waals surface area (Å²) in [7, 11) is 0. The Kier molecular flexibility index (Phi) is 4.36. The number of piperidine rings is 1. The molecule has 1 aliphatic heterocycles. The molecule has 1 aromatic heterocycles. The van der Waals surface area contributed by atoms with Crippen LogP contribution >= 0.6 is 0 Å². The van der Waals surface area contributed by atoms with Gasteiger partial charge in [-0.25, -0.2) is 0 Å². The minimum Gasteiger partial charge on any atom is -0.308 e. The molecule has 0 radical (unpaired) electrons. The number of carbonyl (C=O) groups is 1. The van der Waals surface area contributed by atoms with E-state index in [1.807, 2.05) is 13.0 Å². The van der Waals surface area contributed by atoms with Gasteiger partial charge in [-0.15, -0.1) is 0 Å². The second-order valence-electron chi connectivity index (χ2n) is 4.93. The first kappa shape index (κ1) is 13.1. The molecule has 0 aliphatic carbocycles. The summed E-state index contributed by atoms with van der Waals surface area (Å²) in [5.41, 5.74) is 1.04. The zero-order chi connectivity index (χ0) is 13.0. The van der Waals surface area contributed by atoms with Crippen LogP contribution in [0.4, 0.5) is 5.82 Å². The molecule has 2 atom stereocenters. The van der Waals surface area contributed by atoms with Crippen LogP contribution in [-0.4, -0.2) is 28.7 Å². The molecule has 3 N–H and O–H groups in total. The van der Waals surface area contributed by atoms with E-state index in [0.29, 0.717) is 11.7 Å². The van der Waals surface area contributed by atoms with Gasteiger partial charge in [0.05, 0.1) is 6.04 Å². The number of nitrogens with zero attached hydrogens (tertiary/aromatic N) is 1. The fourth-order valence-corrected chi connectivity index (χ4v) is 2.39. The van der Waals surface area contributed by atoms with Crippen LogP contribution < -0.4 is 10.6 Å². The summed E-state index contributed by atoms with van der Waals surface area (Å²) in [6.45, 7) is 5.16. The van der Waals surface area contributed by atoms with Gasteiger partial charge in [0.25, 0.3) is 0 Å². The lowest BCUT2D eigenvalue weighted by molar-refractivity contribution is -0.119. The van der Waals surface area contributed by atoms with Gasteiger partial charge in [0.2, 0.25) is 5.91 Å². The van der Waals surface area contributed by atoms with Crippen molar-refractivity contribution in [1.29, 1.82) is 0 Å². The van der Waals surface area contributed by atoms with Crippen molar-refractivity contribution < 1.29 is 4.79 Å². The van der Waals surface area contributed by atoms with Crippen LogP contribution in [0.3, 0.4) is 0 Å². The molecule has 1 aliphatic rings. The Morgan fingerprint density at radius 3 is 3.06 bits per heavy atom. The molecule has 0 saturated carbocycles. The number of aryl methyl sites for hydroxylation is 1. The van der Waals surface area contributed by atoms with Crippen LogP contribution in [0.25, 0.3) is 0 Å². The lowest BCUT2D eigenvalue weighted by Gasteiger charge is -2.28. The zero-order valence-electron chi connectivity index (χ0n) is 11.1. The second-order valence-corrected chi connectivity index (χ2v) is 4.93. The van der Waals surface area contributed by atoms with E-state index in [-0.39, 0.29) is 11.9 Å². The molecule has 100 valence electrons. The molecular formula is C13H22N4O. The third kappa shape index (κ3) is 3.10.